The molecule has 0 aliphatic rings. The molecule has 0 saturated carbocycles. The topological polar surface area (TPSA) is 35.5 Å². The van der Waals surface area contributed by atoms with Gasteiger partial charge in [-0.1, -0.05) is 0 Å². The van der Waals surface area contributed by atoms with Gasteiger partial charge in [-0.25, -0.2) is 0 Å². The molecule has 0 saturated heterocycles. The summed E-state index contributed by atoms with van der Waals surface area (Å²) in [6.45, 7) is 3.49. The summed E-state index contributed by atoms with van der Waals surface area (Å²) in [6.07, 6.45) is 0.346. The van der Waals surface area contributed by atoms with Crippen molar-refractivity contribution in [1.29, 1.82) is 0 Å². The molecule has 0 radical (unpaired) electrons. The molecule has 0 heterocycles. The van der Waals surface area contributed by atoms with Crippen molar-refractivity contribution in [2.24, 2.45) is 0 Å². The summed E-state index contributed by atoms with van der Waals surface area (Å²) in [6, 6.07) is 1.85. The summed E-state index contributed by atoms with van der Waals surface area (Å²) in [4.78, 5) is 11.2. The molecular weight excluding hydrogens is 272 g/mol. The van der Waals surface area contributed by atoms with Gasteiger partial charge in [-0.2, -0.15) is 0 Å². The Morgan fingerprint density at radius 1 is 1.38 bits per heavy atom. The minimum absolute atomic E-state index is 0.0936. The van der Waals surface area contributed by atoms with E-state index in [4.69, 9.17) is 9.47 Å². The fraction of sp³-hybridized carbons (Fsp3) is 0.417. The van der Waals surface area contributed by atoms with Gasteiger partial charge in [-0.05, 0) is 35.8 Å². The lowest BCUT2D eigenvalue weighted by Gasteiger charge is -2.15. The van der Waals surface area contributed by atoms with Gasteiger partial charge in [-0.15, -0.1) is 0 Å². The third-order valence-electron chi connectivity index (χ3n) is 2.36. The van der Waals surface area contributed by atoms with E-state index in [-0.39, 0.29) is 5.78 Å². The van der Waals surface area contributed by atoms with Crippen LogP contribution in [0.1, 0.15) is 18.1 Å². The molecule has 0 spiro atoms. The largest absolute Gasteiger partial charge is 0.496 e. The minimum atomic E-state index is 0.0936. The molecule has 3 nitrogen and oxygen atoms in total. The zero-order valence-electron chi connectivity index (χ0n) is 9.89. The Kier molecular flexibility index (Phi) is 4.35. The van der Waals surface area contributed by atoms with Crippen LogP contribution in [0.3, 0.4) is 0 Å². The van der Waals surface area contributed by atoms with Crippen molar-refractivity contribution < 1.29 is 14.3 Å². The molecule has 0 unspecified atom stereocenters. The molecule has 16 heavy (non-hydrogen) atoms. The molecule has 0 aliphatic heterocycles. The van der Waals surface area contributed by atoms with E-state index >= 15 is 0 Å². The molecule has 1 rings (SSSR count). The van der Waals surface area contributed by atoms with Crippen LogP contribution >= 0.6 is 15.9 Å². The molecule has 0 aromatic heterocycles. The lowest BCUT2D eigenvalue weighted by molar-refractivity contribution is -0.116. The quantitative estimate of drug-likeness (QED) is 0.854. The highest BCUT2D eigenvalue weighted by atomic mass is 79.9. The first-order chi connectivity index (χ1) is 7.51. The monoisotopic (exact) mass is 286 g/mol. The molecule has 4 heteroatoms. The fourth-order valence-corrected chi connectivity index (χ4v) is 2.20. The Bertz CT molecular complexity index is 413. The first-order valence-electron chi connectivity index (χ1n) is 4.90. The van der Waals surface area contributed by atoms with Crippen LogP contribution in [-0.4, -0.2) is 20.0 Å². The summed E-state index contributed by atoms with van der Waals surface area (Å²) in [5.41, 5.74) is 1.80. The molecule has 0 N–H and O–H groups in total. The molecular formula is C12H15BrO3. The normalized spacial score (nSPS) is 10.1. The van der Waals surface area contributed by atoms with E-state index in [2.05, 4.69) is 15.9 Å². The summed E-state index contributed by atoms with van der Waals surface area (Å²) in [7, 11) is 3.20. The SMILES string of the molecule is COc1cc(CC(C)=O)c(OC)c(Br)c1C. The van der Waals surface area contributed by atoms with Gasteiger partial charge in [0, 0.05) is 17.5 Å². The van der Waals surface area contributed by atoms with Gasteiger partial charge in [0.15, 0.2) is 0 Å². The molecule has 0 atom stereocenters. The second kappa shape index (κ2) is 5.34. The van der Waals surface area contributed by atoms with Crippen LogP contribution in [0.2, 0.25) is 0 Å². The van der Waals surface area contributed by atoms with Crippen molar-refractivity contribution in [2.75, 3.05) is 14.2 Å². The van der Waals surface area contributed by atoms with Gasteiger partial charge >= 0.3 is 0 Å². The summed E-state index contributed by atoms with van der Waals surface area (Å²) < 4.78 is 11.4. The zero-order valence-corrected chi connectivity index (χ0v) is 11.5. The maximum absolute atomic E-state index is 11.2. The molecule has 0 fully saturated rings. The second-order valence-electron chi connectivity index (χ2n) is 3.59. The lowest BCUT2D eigenvalue weighted by Crippen LogP contribution is -2.02. The van der Waals surface area contributed by atoms with E-state index in [1.165, 1.54) is 0 Å². The smallest absolute Gasteiger partial charge is 0.137 e. The Morgan fingerprint density at radius 3 is 2.44 bits per heavy atom. The molecule has 0 aliphatic carbocycles. The van der Waals surface area contributed by atoms with Crippen LogP contribution in [0.5, 0.6) is 11.5 Å². The number of carbonyl (C=O) groups excluding carboxylic acids is 1. The van der Waals surface area contributed by atoms with Crippen molar-refractivity contribution in [1.82, 2.24) is 0 Å². The third kappa shape index (κ3) is 2.55. The first-order valence-corrected chi connectivity index (χ1v) is 5.70. The van der Waals surface area contributed by atoms with E-state index in [0.717, 1.165) is 21.3 Å². The Balaban J connectivity index is 3.34. The molecule has 0 bridgehead atoms. The number of Topliss-reactive ketones (excluding diaryl/α,β-unsaturated/α-hetero) is 1. The average Bonchev–Trinajstić information content (AvgIpc) is 2.23. The Labute approximate surface area is 104 Å². The van der Waals surface area contributed by atoms with Crippen molar-refractivity contribution in [2.45, 2.75) is 20.3 Å². The van der Waals surface area contributed by atoms with Gasteiger partial charge < -0.3 is 9.47 Å². The highest BCUT2D eigenvalue weighted by Gasteiger charge is 2.15. The molecule has 1 aromatic rings. The van der Waals surface area contributed by atoms with Crippen molar-refractivity contribution in [3.8, 4) is 11.5 Å². The molecule has 1 aromatic carbocycles. The number of halogens is 1. The predicted molar refractivity (Wildman–Crippen MR) is 66.4 cm³/mol. The molecule has 88 valence electrons. The number of benzene rings is 1. The van der Waals surface area contributed by atoms with Crippen LogP contribution in [0.15, 0.2) is 10.5 Å². The van der Waals surface area contributed by atoms with Gasteiger partial charge in [0.05, 0.1) is 18.7 Å². The number of hydrogen-bond donors (Lipinski definition) is 0. The summed E-state index contributed by atoms with van der Waals surface area (Å²) in [5.74, 6) is 1.55. The van der Waals surface area contributed by atoms with Crippen molar-refractivity contribution >= 4 is 21.7 Å². The summed E-state index contributed by atoms with van der Waals surface area (Å²) >= 11 is 3.46. The van der Waals surface area contributed by atoms with Crippen LogP contribution in [0, 0.1) is 6.92 Å². The van der Waals surface area contributed by atoms with Crippen LogP contribution in [0.25, 0.3) is 0 Å². The zero-order chi connectivity index (χ0) is 12.3. The van der Waals surface area contributed by atoms with Gasteiger partial charge in [0.2, 0.25) is 0 Å². The van der Waals surface area contributed by atoms with Gasteiger partial charge in [-0.3, -0.25) is 4.79 Å². The van der Waals surface area contributed by atoms with E-state index in [1.54, 1.807) is 21.1 Å². The number of ketones is 1. The van der Waals surface area contributed by atoms with Crippen LogP contribution in [-0.2, 0) is 11.2 Å². The second-order valence-corrected chi connectivity index (χ2v) is 4.38. The highest BCUT2D eigenvalue weighted by molar-refractivity contribution is 9.10. The summed E-state index contributed by atoms with van der Waals surface area (Å²) in [5, 5.41) is 0. The Hall–Kier alpha value is -1.03. The van der Waals surface area contributed by atoms with Crippen molar-refractivity contribution in [3.05, 3.63) is 21.7 Å². The number of hydrogen-bond acceptors (Lipinski definition) is 3. The average molecular weight is 287 g/mol. The number of methoxy groups -OCH3 is 2. The molecule has 0 amide bonds. The van der Waals surface area contributed by atoms with Crippen LogP contribution in [0.4, 0.5) is 0 Å². The maximum atomic E-state index is 11.2. The number of ether oxygens (including phenoxy) is 2. The number of rotatable bonds is 4. The minimum Gasteiger partial charge on any atom is -0.496 e. The third-order valence-corrected chi connectivity index (χ3v) is 3.31. The van der Waals surface area contributed by atoms with Crippen molar-refractivity contribution in [3.63, 3.8) is 0 Å². The fourth-order valence-electron chi connectivity index (χ4n) is 1.58. The van der Waals surface area contributed by atoms with E-state index in [0.29, 0.717) is 12.2 Å². The maximum Gasteiger partial charge on any atom is 0.137 e. The van der Waals surface area contributed by atoms with E-state index < -0.39 is 0 Å². The predicted octanol–water partition coefficient (Wildman–Crippen LogP) is 2.91. The first kappa shape index (κ1) is 13.0. The van der Waals surface area contributed by atoms with E-state index in [1.807, 2.05) is 13.0 Å². The number of carbonyl (C=O) groups is 1. The van der Waals surface area contributed by atoms with Gasteiger partial charge in [0.25, 0.3) is 0 Å². The highest BCUT2D eigenvalue weighted by Crippen LogP contribution is 2.38. The van der Waals surface area contributed by atoms with Gasteiger partial charge in [0.1, 0.15) is 17.3 Å². The lowest BCUT2D eigenvalue weighted by atomic mass is 10.1. The Morgan fingerprint density at radius 2 is 2.00 bits per heavy atom. The van der Waals surface area contributed by atoms with Crippen LogP contribution < -0.4 is 9.47 Å². The van der Waals surface area contributed by atoms with E-state index in [9.17, 15) is 4.79 Å². The standard InChI is InChI=1S/C12H15BrO3/c1-7(14)5-9-6-10(15-3)8(2)11(13)12(9)16-4/h6H,5H2,1-4H3.